The van der Waals surface area contributed by atoms with Gasteiger partial charge >= 0.3 is 0 Å². The summed E-state index contributed by atoms with van der Waals surface area (Å²) in [6, 6.07) is 6.39. The molecule has 1 aromatic carbocycles. The molecule has 2 nitrogen and oxygen atoms in total. The second-order valence-corrected chi connectivity index (χ2v) is 4.22. The van der Waals surface area contributed by atoms with Gasteiger partial charge in [-0.15, -0.1) is 0 Å². The summed E-state index contributed by atoms with van der Waals surface area (Å²) in [6.07, 6.45) is 0.132. The van der Waals surface area contributed by atoms with Gasteiger partial charge in [-0.25, -0.2) is 4.39 Å². The monoisotopic (exact) mass is 287 g/mol. The van der Waals surface area contributed by atoms with E-state index < -0.39 is 0 Å². The molecule has 0 bridgehead atoms. The van der Waals surface area contributed by atoms with Crippen molar-refractivity contribution < 1.29 is 9.18 Å². The van der Waals surface area contributed by atoms with Crippen LogP contribution in [0.4, 0.5) is 4.39 Å². The molecule has 0 aliphatic carbocycles. The third-order valence-corrected chi connectivity index (χ3v) is 2.74. The highest BCUT2D eigenvalue weighted by Crippen LogP contribution is 2.08. The fourth-order valence-electron chi connectivity index (χ4n) is 1.48. The zero-order chi connectivity index (χ0) is 12.0. The van der Waals surface area contributed by atoms with Gasteiger partial charge in [-0.1, -0.05) is 34.1 Å². The van der Waals surface area contributed by atoms with Crippen LogP contribution < -0.4 is 0 Å². The van der Waals surface area contributed by atoms with E-state index in [-0.39, 0.29) is 18.1 Å². The predicted octanol–water partition coefficient (Wildman–Crippen LogP) is 2.61. The molecule has 1 aromatic rings. The summed E-state index contributed by atoms with van der Waals surface area (Å²) in [6.45, 7) is 3.23. The van der Waals surface area contributed by atoms with E-state index in [1.54, 1.807) is 23.1 Å². The zero-order valence-electron chi connectivity index (χ0n) is 9.25. The van der Waals surface area contributed by atoms with E-state index in [0.717, 1.165) is 5.33 Å². The Hall–Kier alpha value is -0.900. The Morgan fingerprint density at radius 2 is 2.12 bits per heavy atom. The highest BCUT2D eigenvalue weighted by Gasteiger charge is 2.13. The van der Waals surface area contributed by atoms with E-state index in [1.807, 2.05) is 6.92 Å². The Kier molecular flexibility index (Phi) is 5.46. The molecule has 0 saturated carbocycles. The molecule has 0 unspecified atom stereocenters. The molecule has 0 aliphatic rings. The second-order valence-electron chi connectivity index (χ2n) is 3.43. The molecule has 0 fully saturated rings. The fourth-order valence-corrected chi connectivity index (χ4v) is 1.91. The Morgan fingerprint density at radius 1 is 1.44 bits per heavy atom. The first kappa shape index (κ1) is 13.2. The van der Waals surface area contributed by atoms with Gasteiger partial charge in [-0.2, -0.15) is 0 Å². The Bertz CT molecular complexity index is 357. The van der Waals surface area contributed by atoms with Crippen molar-refractivity contribution in [2.45, 2.75) is 13.3 Å². The van der Waals surface area contributed by atoms with Crippen LogP contribution in [-0.4, -0.2) is 29.2 Å². The van der Waals surface area contributed by atoms with Crippen molar-refractivity contribution >= 4 is 21.8 Å². The van der Waals surface area contributed by atoms with Crippen molar-refractivity contribution in [2.24, 2.45) is 0 Å². The summed E-state index contributed by atoms with van der Waals surface area (Å²) >= 11 is 3.29. The zero-order valence-corrected chi connectivity index (χ0v) is 10.8. The predicted molar refractivity (Wildman–Crippen MR) is 66.2 cm³/mol. The number of carbonyl (C=O) groups is 1. The highest BCUT2D eigenvalue weighted by atomic mass is 79.9. The van der Waals surface area contributed by atoms with Crippen molar-refractivity contribution in [2.75, 3.05) is 18.4 Å². The lowest BCUT2D eigenvalue weighted by Crippen LogP contribution is -2.33. The fraction of sp³-hybridized carbons (Fsp3) is 0.417. The summed E-state index contributed by atoms with van der Waals surface area (Å²) in [5.41, 5.74) is 0.459. The topological polar surface area (TPSA) is 20.3 Å². The summed E-state index contributed by atoms with van der Waals surface area (Å²) < 4.78 is 13.3. The van der Waals surface area contributed by atoms with E-state index in [9.17, 15) is 9.18 Å². The van der Waals surface area contributed by atoms with Gasteiger partial charge in [-0.05, 0) is 18.6 Å². The maximum atomic E-state index is 13.3. The quantitative estimate of drug-likeness (QED) is 0.763. The molecule has 88 valence electrons. The number of hydrogen-bond donors (Lipinski definition) is 0. The largest absolute Gasteiger partial charge is 0.342 e. The van der Waals surface area contributed by atoms with Crippen molar-refractivity contribution in [1.82, 2.24) is 4.90 Å². The number of rotatable bonds is 5. The van der Waals surface area contributed by atoms with Gasteiger partial charge in [0.2, 0.25) is 5.91 Å². The molecular formula is C12H15BrFNO. The number of likely N-dealkylation sites (N-methyl/N-ethyl adjacent to an activating group) is 1. The molecule has 1 amide bonds. The molecule has 0 atom stereocenters. The Morgan fingerprint density at radius 3 is 2.69 bits per heavy atom. The number of nitrogens with zero attached hydrogens (tertiary/aromatic N) is 1. The molecule has 4 heteroatoms. The van der Waals surface area contributed by atoms with Crippen LogP contribution in [-0.2, 0) is 11.2 Å². The van der Waals surface area contributed by atoms with E-state index in [4.69, 9.17) is 0 Å². The molecule has 0 aromatic heterocycles. The smallest absolute Gasteiger partial charge is 0.227 e. The van der Waals surface area contributed by atoms with Crippen molar-refractivity contribution in [3.63, 3.8) is 0 Å². The first-order chi connectivity index (χ1) is 7.69. The van der Waals surface area contributed by atoms with Gasteiger partial charge in [-0.3, -0.25) is 4.79 Å². The van der Waals surface area contributed by atoms with Gasteiger partial charge in [0, 0.05) is 18.4 Å². The minimum absolute atomic E-state index is 0.0351. The van der Waals surface area contributed by atoms with Crippen LogP contribution in [0.5, 0.6) is 0 Å². The van der Waals surface area contributed by atoms with E-state index in [0.29, 0.717) is 18.7 Å². The summed E-state index contributed by atoms with van der Waals surface area (Å²) in [5.74, 6) is -0.349. The van der Waals surface area contributed by atoms with E-state index in [2.05, 4.69) is 15.9 Å². The second kappa shape index (κ2) is 6.63. The molecule has 1 rings (SSSR count). The Labute approximate surface area is 104 Å². The van der Waals surface area contributed by atoms with Crippen molar-refractivity contribution in [1.29, 1.82) is 0 Å². The number of halogens is 2. The number of hydrogen-bond acceptors (Lipinski definition) is 1. The summed E-state index contributed by atoms with van der Waals surface area (Å²) in [7, 11) is 0. The van der Waals surface area contributed by atoms with Crippen LogP contribution in [0.3, 0.4) is 0 Å². The average Bonchev–Trinajstić information content (AvgIpc) is 2.29. The average molecular weight is 288 g/mol. The van der Waals surface area contributed by atoms with Crippen LogP contribution in [0.2, 0.25) is 0 Å². The van der Waals surface area contributed by atoms with Crippen LogP contribution >= 0.6 is 15.9 Å². The molecular weight excluding hydrogens is 273 g/mol. The lowest BCUT2D eigenvalue weighted by atomic mass is 10.1. The molecule has 0 N–H and O–H groups in total. The molecule has 0 heterocycles. The third-order valence-electron chi connectivity index (χ3n) is 2.39. The van der Waals surface area contributed by atoms with Crippen LogP contribution in [0.25, 0.3) is 0 Å². The molecule has 0 aliphatic heterocycles. The van der Waals surface area contributed by atoms with Crippen molar-refractivity contribution in [3.05, 3.63) is 35.6 Å². The lowest BCUT2D eigenvalue weighted by Gasteiger charge is -2.19. The SMILES string of the molecule is CCN(CCBr)C(=O)Cc1ccccc1F. The molecule has 0 spiro atoms. The maximum Gasteiger partial charge on any atom is 0.227 e. The maximum absolute atomic E-state index is 13.3. The first-order valence-electron chi connectivity index (χ1n) is 5.26. The third kappa shape index (κ3) is 3.59. The highest BCUT2D eigenvalue weighted by molar-refractivity contribution is 9.09. The first-order valence-corrected chi connectivity index (χ1v) is 6.38. The van der Waals surface area contributed by atoms with Crippen LogP contribution in [0.1, 0.15) is 12.5 Å². The van der Waals surface area contributed by atoms with Crippen LogP contribution in [0.15, 0.2) is 24.3 Å². The number of amides is 1. The van der Waals surface area contributed by atoms with Gasteiger partial charge in [0.1, 0.15) is 5.82 Å². The molecule has 0 saturated heterocycles. The van der Waals surface area contributed by atoms with Gasteiger partial charge < -0.3 is 4.90 Å². The van der Waals surface area contributed by atoms with Gasteiger partial charge in [0.25, 0.3) is 0 Å². The summed E-state index contributed by atoms with van der Waals surface area (Å²) in [4.78, 5) is 13.5. The van der Waals surface area contributed by atoms with Gasteiger partial charge in [0.05, 0.1) is 6.42 Å². The standard InChI is InChI=1S/C12H15BrFNO/c1-2-15(8-7-13)12(16)9-10-5-3-4-6-11(10)14/h3-6H,2,7-9H2,1H3. The minimum atomic E-state index is -0.314. The number of carbonyl (C=O) groups excluding carboxylic acids is 1. The molecule has 0 radical (unpaired) electrons. The number of benzene rings is 1. The van der Waals surface area contributed by atoms with E-state index >= 15 is 0 Å². The normalized spacial score (nSPS) is 10.2. The van der Waals surface area contributed by atoms with E-state index in [1.165, 1.54) is 6.07 Å². The van der Waals surface area contributed by atoms with Crippen LogP contribution in [0, 0.1) is 5.82 Å². The van der Waals surface area contributed by atoms with Gasteiger partial charge in [0.15, 0.2) is 0 Å². The minimum Gasteiger partial charge on any atom is -0.342 e. The Balaban J connectivity index is 2.66. The number of alkyl halides is 1. The molecule has 16 heavy (non-hydrogen) atoms. The summed E-state index contributed by atoms with van der Waals surface area (Å²) in [5, 5.41) is 0.740. The van der Waals surface area contributed by atoms with Crippen molar-refractivity contribution in [3.8, 4) is 0 Å². The lowest BCUT2D eigenvalue weighted by molar-refractivity contribution is -0.130.